The number of alkyl halides is 1. The van der Waals surface area contributed by atoms with Gasteiger partial charge in [0.05, 0.1) is 18.6 Å². The molecule has 1 aromatic heterocycles. The summed E-state index contributed by atoms with van der Waals surface area (Å²) in [6.45, 7) is 2.30. The molecule has 1 atom stereocenters. The number of ether oxygens (including phenoxy) is 2. The number of rotatable bonds is 7. The second-order valence-electron chi connectivity index (χ2n) is 4.48. The highest BCUT2D eigenvalue weighted by Gasteiger charge is 2.18. The Kier molecular flexibility index (Phi) is 5.41. The molecule has 102 valence electrons. The minimum absolute atomic E-state index is 0.386. The van der Waals surface area contributed by atoms with E-state index in [0.29, 0.717) is 18.6 Å². The topological polar surface area (TPSA) is 49.2 Å². The van der Waals surface area contributed by atoms with E-state index in [1.54, 1.807) is 7.11 Å². The highest BCUT2D eigenvalue weighted by molar-refractivity contribution is 6.16. The largest absolute Gasteiger partial charge is 0.383 e. The molecule has 2 heterocycles. The van der Waals surface area contributed by atoms with E-state index >= 15 is 0 Å². The lowest BCUT2D eigenvalue weighted by Gasteiger charge is -2.11. The lowest BCUT2D eigenvalue weighted by molar-refractivity contribution is 0.103. The van der Waals surface area contributed by atoms with Crippen molar-refractivity contribution >= 4 is 11.6 Å². The number of hydrogen-bond donors (Lipinski definition) is 0. The zero-order valence-electron chi connectivity index (χ0n) is 10.8. The van der Waals surface area contributed by atoms with Crippen LogP contribution in [0.15, 0.2) is 0 Å². The summed E-state index contributed by atoms with van der Waals surface area (Å²) >= 11 is 5.86. The number of aryl methyl sites for hydroxylation is 1. The second-order valence-corrected chi connectivity index (χ2v) is 4.75. The van der Waals surface area contributed by atoms with Gasteiger partial charge in [0.25, 0.3) is 0 Å². The Hall–Kier alpha value is -0.650. The van der Waals surface area contributed by atoms with Gasteiger partial charge in [0.1, 0.15) is 11.6 Å². The van der Waals surface area contributed by atoms with Gasteiger partial charge in [-0.3, -0.25) is 0 Å². The average Bonchev–Trinajstić information content (AvgIpc) is 3.03. The number of halogens is 1. The molecule has 5 nitrogen and oxygen atoms in total. The molecule has 0 spiro atoms. The maximum absolute atomic E-state index is 5.86. The van der Waals surface area contributed by atoms with E-state index < -0.39 is 0 Å². The third-order valence-electron chi connectivity index (χ3n) is 3.26. The Labute approximate surface area is 112 Å². The Morgan fingerprint density at radius 1 is 1.44 bits per heavy atom. The Bertz CT molecular complexity index is 364. The first kappa shape index (κ1) is 13.8. The van der Waals surface area contributed by atoms with Crippen LogP contribution in [-0.2, 0) is 28.3 Å². The quantitative estimate of drug-likeness (QED) is 0.711. The van der Waals surface area contributed by atoms with Crippen molar-refractivity contribution in [2.75, 3.05) is 20.3 Å². The SMILES string of the molecule is COCCn1c(CCl)nnc1CCC1CCCO1. The minimum atomic E-state index is 0.386. The van der Waals surface area contributed by atoms with E-state index in [0.717, 1.165) is 44.1 Å². The third kappa shape index (κ3) is 3.43. The van der Waals surface area contributed by atoms with Gasteiger partial charge in [-0.15, -0.1) is 21.8 Å². The highest BCUT2D eigenvalue weighted by atomic mass is 35.5. The van der Waals surface area contributed by atoms with Crippen LogP contribution in [0.2, 0.25) is 0 Å². The minimum Gasteiger partial charge on any atom is -0.383 e. The standard InChI is InChI=1S/C12H20ClN3O2/c1-17-8-6-16-11(14-15-12(16)9-13)5-4-10-3-2-7-18-10/h10H,2-9H2,1H3. The lowest BCUT2D eigenvalue weighted by atomic mass is 10.1. The van der Waals surface area contributed by atoms with Crippen LogP contribution in [0.5, 0.6) is 0 Å². The molecule has 1 unspecified atom stereocenters. The maximum Gasteiger partial charge on any atom is 0.148 e. The number of nitrogens with zero attached hydrogens (tertiary/aromatic N) is 3. The van der Waals surface area contributed by atoms with Crippen LogP contribution in [0.25, 0.3) is 0 Å². The van der Waals surface area contributed by atoms with Crippen molar-refractivity contribution in [3.8, 4) is 0 Å². The van der Waals surface area contributed by atoms with Gasteiger partial charge in [0, 0.05) is 26.7 Å². The lowest BCUT2D eigenvalue weighted by Crippen LogP contribution is -2.13. The van der Waals surface area contributed by atoms with E-state index in [1.807, 2.05) is 0 Å². The summed E-state index contributed by atoms with van der Waals surface area (Å²) in [7, 11) is 1.69. The van der Waals surface area contributed by atoms with Gasteiger partial charge in [-0.25, -0.2) is 0 Å². The molecule has 2 rings (SSSR count). The molecule has 1 aromatic rings. The summed E-state index contributed by atoms with van der Waals surface area (Å²) in [6.07, 6.45) is 4.62. The van der Waals surface area contributed by atoms with Gasteiger partial charge in [-0.05, 0) is 19.3 Å². The summed E-state index contributed by atoms with van der Waals surface area (Å²) in [5.41, 5.74) is 0. The van der Waals surface area contributed by atoms with E-state index in [9.17, 15) is 0 Å². The van der Waals surface area contributed by atoms with E-state index in [1.165, 1.54) is 6.42 Å². The molecule has 1 saturated heterocycles. The molecular formula is C12H20ClN3O2. The summed E-state index contributed by atoms with van der Waals surface area (Å²) in [4.78, 5) is 0. The first-order chi connectivity index (χ1) is 8.85. The van der Waals surface area contributed by atoms with Crippen LogP contribution < -0.4 is 0 Å². The Morgan fingerprint density at radius 3 is 2.94 bits per heavy atom. The molecule has 1 fully saturated rings. The van der Waals surface area contributed by atoms with Crippen molar-refractivity contribution in [2.24, 2.45) is 0 Å². The molecule has 0 aliphatic carbocycles. The predicted octanol–water partition coefficient (Wildman–Crippen LogP) is 1.77. The maximum atomic E-state index is 5.86. The average molecular weight is 274 g/mol. The van der Waals surface area contributed by atoms with Crippen molar-refractivity contribution < 1.29 is 9.47 Å². The van der Waals surface area contributed by atoms with Crippen molar-refractivity contribution in [3.05, 3.63) is 11.6 Å². The number of aromatic nitrogens is 3. The van der Waals surface area contributed by atoms with Gasteiger partial charge >= 0.3 is 0 Å². The molecule has 1 aliphatic heterocycles. The third-order valence-corrected chi connectivity index (χ3v) is 3.50. The normalized spacial score (nSPS) is 19.6. The summed E-state index contributed by atoms with van der Waals surface area (Å²) in [6, 6.07) is 0. The summed E-state index contributed by atoms with van der Waals surface area (Å²) < 4.78 is 12.8. The van der Waals surface area contributed by atoms with E-state index in [-0.39, 0.29) is 0 Å². The highest BCUT2D eigenvalue weighted by Crippen LogP contribution is 2.17. The Balaban J connectivity index is 1.94. The molecule has 0 radical (unpaired) electrons. The monoisotopic (exact) mass is 273 g/mol. The van der Waals surface area contributed by atoms with Gasteiger partial charge in [0.15, 0.2) is 0 Å². The first-order valence-electron chi connectivity index (χ1n) is 6.42. The predicted molar refractivity (Wildman–Crippen MR) is 68.8 cm³/mol. The van der Waals surface area contributed by atoms with Crippen molar-refractivity contribution in [2.45, 2.75) is 44.2 Å². The van der Waals surface area contributed by atoms with Gasteiger partial charge in [0.2, 0.25) is 0 Å². The molecule has 0 bridgehead atoms. The molecule has 18 heavy (non-hydrogen) atoms. The summed E-state index contributed by atoms with van der Waals surface area (Å²) in [5, 5.41) is 8.34. The summed E-state index contributed by atoms with van der Waals surface area (Å²) in [5.74, 6) is 2.19. The van der Waals surface area contributed by atoms with Gasteiger partial charge < -0.3 is 14.0 Å². The van der Waals surface area contributed by atoms with Crippen LogP contribution in [0.4, 0.5) is 0 Å². The fourth-order valence-electron chi connectivity index (χ4n) is 2.26. The smallest absolute Gasteiger partial charge is 0.148 e. The van der Waals surface area contributed by atoms with Gasteiger partial charge in [-0.2, -0.15) is 0 Å². The molecule has 0 saturated carbocycles. The zero-order valence-corrected chi connectivity index (χ0v) is 11.5. The molecule has 0 aromatic carbocycles. The fourth-order valence-corrected chi connectivity index (χ4v) is 2.46. The van der Waals surface area contributed by atoms with Crippen LogP contribution >= 0.6 is 11.6 Å². The van der Waals surface area contributed by atoms with Crippen molar-refractivity contribution in [3.63, 3.8) is 0 Å². The second kappa shape index (κ2) is 7.07. The molecular weight excluding hydrogens is 254 g/mol. The number of methoxy groups -OCH3 is 1. The van der Waals surface area contributed by atoms with E-state index in [4.69, 9.17) is 21.1 Å². The zero-order chi connectivity index (χ0) is 12.8. The molecule has 0 N–H and O–H groups in total. The fraction of sp³-hybridized carbons (Fsp3) is 0.833. The van der Waals surface area contributed by atoms with Crippen molar-refractivity contribution in [1.82, 2.24) is 14.8 Å². The van der Waals surface area contributed by atoms with E-state index in [2.05, 4.69) is 14.8 Å². The molecule has 0 amide bonds. The Morgan fingerprint density at radius 2 is 2.28 bits per heavy atom. The number of hydrogen-bond acceptors (Lipinski definition) is 4. The first-order valence-corrected chi connectivity index (χ1v) is 6.96. The molecule has 6 heteroatoms. The van der Waals surface area contributed by atoms with Crippen LogP contribution in [0.3, 0.4) is 0 Å². The van der Waals surface area contributed by atoms with Gasteiger partial charge in [-0.1, -0.05) is 0 Å². The molecule has 1 aliphatic rings. The van der Waals surface area contributed by atoms with Crippen LogP contribution in [0.1, 0.15) is 30.9 Å². The van der Waals surface area contributed by atoms with Crippen LogP contribution in [-0.4, -0.2) is 41.2 Å². The van der Waals surface area contributed by atoms with Crippen molar-refractivity contribution in [1.29, 1.82) is 0 Å². The van der Waals surface area contributed by atoms with Crippen LogP contribution in [0, 0.1) is 0 Å².